The van der Waals surface area contributed by atoms with Crippen LogP contribution < -0.4 is 0 Å². The van der Waals surface area contributed by atoms with Crippen molar-refractivity contribution in [2.45, 2.75) is 17.7 Å². The highest BCUT2D eigenvalue weighted by molar-refractivity contribution is 9.10. The number of sulfonamides is 1. The second kappa shape index (κ2) is 6.41. The van der Waals surface area contributed by atoms with E-state index < -0.39 is 20.7 Å². The summed E-state index contributed by atoms with van der Waals surface area (Å²) in [5.74, 6) is -1.09. The maximum atomic E-state index is 13.7. The summed E-state index contributed by atoms with van der Waals surface area (Å²) in [5, 5.41) is 0. The van der Waals surface area contributed by atoms with Gasteiger partial charge in [0.1, 0.15) is 10.7 Å². The van der Waals surface area contributed by atoms with Gasteiger partial charge in [-0.2, -0.15) is 4.31 Å². The summed E-state index contributed by atoms with van der Waals surface area (Å²) < 4.78 is 39.8. The van der Waals surface area contributed by atoms with Gasteiger partial charge in [-0.3, -0.25) is 4.79 Å². The Balaban J connectivity index is 2.18. The zero-order valence-corrected chi connectivity index (χ0v) is 14.0. The molecule has 21 heavy (non-hydrogen) atoms. The lowest BCUT2D eigenvalue weighted by Gasteiger charge is -2.21. The van der Waals surface area contributed by atoms with Gasteiger partial charge < -0.3 is 4.90 Å². The van der Waals surface area contributed by atoms with E-state index in [0.717, 1.165) is 23.2 Å². The van der Waals surface area contributed by atoms with Crippen LogP contribution in [0.25, 0.3) is 0 Å². The number of likely N-dealkylation sites (tertiary alicyclic amines) is 1. The molecule has 1 aromatic rings. The fraction of sp³-hybridized carbons (Fsp3) is 0.462. The quantitative estimate of drug-likeness (QED) is 0.802. The Hall–Kier alpha value is -0.990. The van der Waals surface area contributed by atoms with Gasteiger partial charge in [-0.1, -0.05) is 15.9 Å². The van der Waals surface area contributed by atoms with Crippen molar-refractivity contribution in [3.8, 4) is 0 Å². The second-order valence-electron chi connectivity index (χ2n) is 4.92. The summed E-state index contributed by atoms with van der Waals surface area (Å²) in [6.07, 6.45) is 1.87. The highest BCUT2D eigenvalue weighted by Crippen LogP contribution is 2.22. The Kier molecular flexibility index (Phi) is 5.00. The minimum Gasteiger partial charge on any atom is -0.342 e. The molecule has 1 amide bonds. The summed E-state index contributed by atoms with van der Waals surface area (Å²) in [5.41, 5.74) is 0. The van der Waals surface area contributed by atoms with Crippen molar-refractivity contribution >= 4 is 31.9 Å². The number of amides is 1. The van der Waals surface area contributed by atoms with Crippen LogP contribution in [0.5, 0.6) is 0 Å². The Labute approximate surface area is 131 Å². The fourth-order valence-electron chi connectivity index (χ4n) is 2.18. The first kappa shape index (κ1) is 16.4. The van der Waals surface area contributed by atoms with Crippen LogP contribution in [0.3, 0.4) is 0 Å². The number of hydrogen-bond acceptors (Lipinski definition) is 3. The first-order valence-electron chi connectivity index (χ1n) is 6.51. The molecule has 1 heterocycles. The van der Waals surface area contributed by atoms with E-state index in [1.54, 1.807) is 4.90 Å². The molecule has 0 aromatic heterocycles. The van der Waals surface area contributed by atoms with Gasteiger partial charge in [-0.25, -0.2) is 12.8 Å². The van der Waals surface area contributed by atoms with Crippen molar-refractivity contribution in [1.82, 2.24) is 9.21 Å². The van der Waals surface area contributed by atoms with Crippen LogP contribution in [0.1, 0.15) is 12.8 Å². The molecule has 1 fully saturated rings. The van der Waals surface area contributed by atoms with Crippen LogP contribution >= 0.6 is 15.9 Å². The van der Waals surface area contributed by atoms with Gasteiger partial charge in [0, 0.05) is 24.6 Å². The van der Waals surface area contributed by atoms with E-state index >= 15 is 0 Å². The van der Waals surface area contributed by atoms with Crippen molar-refractivity contribution in [3.63, 3.8) is 0 Å². The molecule has 8 heteroatoms. The third kappa shape index (κ3) is 3.61. The molecule has 5 nitrogen and oxygen atoms in total. The van der Waals surface area contributed by atoms with Crippen LogP contribution in [-0.4, -0.2) is 50.2 Å². The van der Waals surface area contributed by atoms with Crippen molar-refractivity contribution in [3.05, 3.63) is 28.5 Å². The molecule has 0 saturated carbocycles. The number of rotatable bonds is 4. The van der Waals surface area contributed by atoms with E-state index in [-0.39, 0.29) is 12.5 Å². The molecule has 1 aliphatic heterocycles. The molecule has 0 unspecified atom stereocenters. The molecule has 0 spiro atoms. The van der Waals surface area contributed by atoms with Gasteiger partial charge in [0.25, 0.3) is 0 Å². The van der Waals surface area contributed by atoms with E-state index in [9.17, 15) is 17.6 Å². The van der Waals surface area contributed by atoms with Gasteiger partial charge in [-0.15, -0.1) is 0 Å². The average molecular weight is 379 g/mol. The van der Waals surface area contributed by atoms with Gasteiger partial charge in [0.15, 0.2) is 0 Å². The number of hydrogen-bond donors (Lipinski definition) is 0. The third-order valence-electron chi connectivity index (χ3n) is 3.40. The molecule has 116 valence electrons. The van der Waals surface area contributed by atoms with Crippen molar-refractivity contribution < 1.29 is 17.6 Å². The second-order valence-corrected chi connectivity index (χ2v) is 7.85. The number of halogens is 2. The molecule has 1 aliphatic rings. The molecule has 0 bridgehead atoms. The minimum atomic E-state index is -4.04. The third-order valence-corrected chi connectivity index (χ3v) is 5.71. The minimum absolute atomic E-state index is 0.256. The predicted octanol–water partition coefficient (Wildman–Crippen LogP) is 1.83. The summed E-state index contributed by atoms with van der Waals surface area (Å²) in [7, 11) is -2.75. The zero-order chi connectivity index (χ0) is 15.6. The highest BCUT2D eigenvalue weighted by Gasteiger charge is 2.28. The number of nitrogens with zero attached hydrogens (tertiary/aromatic N) is 2. The molecule has 0 N–H and O–H groups in total. The number of carbonyl (C=O) groups is 1. The summed E-state index contributed by atoms with van der Waals surface area (Å²) in [6, 6.07) is 3.69. The Morgan fingerprint density at radius 3 is 2.62 bits per heavy atom. The zero-order valence-electron chi connectivity index (χ0n) is 11.6. The largest absolute Gasteiger partial charge is 0.342 e. The lowest BCUT2D eigenvalue weighted by atomic mass is 10.3. The summed E-state index contributed by atoms with van der Waals surface area (Å²) in [4.78, 5) is 13.2. The Morgan fingerprint density at radius 2 is 2.00 bits per heavy atom. The first-order chi connectivity index (χ1) is 9.82. The maximum absolute atomic E-state index is 13.7. The van der Waals surface area contributed by atoms with Crippen molar-refractivity contribution in [1.29, 1.82) is 0 Å². The van der Waals surface area contributed by atoms with Crippen LogP contribution in [0.4, 0.5) is 4.39 Å². The lowest BCUT2D eigenvalue weighted by Crippen LogP contribution is -2.40. The number of likely N-dealkylation sites (N-methyl/N-ethyl adjacent to an activating group) is 1. The van der Waals surface area contributed by atoms with Gasteiger partial charge in [0.2, 0.25) is 15.9 Å². The molecule has 2 rings (SSSR count). The van der Waals surface area contributed by atoms with E-state index in [4.69, 9.17) is 0 Å². The van der Waals surface area contributed by atoms with Gasteiger partial charge in [-0.05, 0) is 31.0 Å². The van der Waals surface area contributed by atoms with E-state index in [1.165, 1.54) is 19.2 Å². The fourth-order valence-corrected chi connectivity index (χ4v) is 3.90. The van der Waals surface area contributed by atoms with Gasteiger partial charge in [0.05, 0.1) is 6.54 Å². The molecule has 1 saturated heterocycles. The first-order valence-corrected chi connectivity index (χ1v) is 8.75. The van der Waals surface area contributed by atoms with Crippen molar-refractivity contribution in [2.24, 2.45) is 0 Å². The monoisotopic (exact) mass is 378 g/mol. The van der Waals surface area contributed by atoms with Gasteiger partial charge >= 0.3 is 0 Å². The molecule has 0 radical (unpaired) electrons. The predicted molar refractivity (Wildman–Crippen MR) is 79.7 cm³/mol. The topological polar surface area (TPSA) is 57.7 Å². The van der Waals surface area contributed by atoms with E-state index in [2.05, 4.69) is 15.9 Å². The smallest absolute Gasteiger partial charge is 0.246 e. The van der Waals surface area contributed by atoms with Crippen LogP contribution in [-0.2, 0) is 14.8 Å². The van der Waals surface area contributed by atoms with E-state index in [0.29, 0.717) is 17.6 Å². The van der Waals surface area contributed by atoms with Crippen LogP contribution in [0, 0.1) is 5.82 Å². The summed E-state index contributed by atoms with van der Waals surface area (Å²) >= 11 is 3.12. The molecule has 1 aromatic carbocycles. The van der Waals surface area contributed by atoms with Crippen LogP contribution in [0.15, 0.2) is 27.6 Å². The maximum Gasteiger partial charge on any atom is 0.246 e. The van der Waals surface area contributed by atoms with E-state index in [1.807, 2.05) is 0 Å². The Bertz CT molecular complexity index is 645. The standard InChI is InChI=1S/C13H16BrFN2O3S/c1-16(9-13(18)17-6-2-3-7-17)21(19,20)12-8-10(14)4-5-11(12)15/h4-5,8H,2-3,6-7,9H2,1H3. The van der Waals surface area contributed by atoms with Crippen molar-refractivity contribution in [2.75, 3.05) is 26.7 Å². The number of benzene rings is 1. The Morgan fingerprint density at radius 1 is 1.38 bits per heavy atom. The molecule has 0 aliphatic carbocycles. The average Bonchev–Trinajstić information content (AvgIpc) is 2.95. The molecule has 0 atom stereocenters. The molecular formula is C13H16BrFN2O3S. The highest BCUT2D eigenvalue weighted by atomic mass is 79.9. The lowest BCUT2D eigenvalue weighted by molar-refractivity contribution is -0.130. The normalized spacial score (nSPS) is 15.7. The SMILES string of the molecule is CN(CC(=O)N1CCCC1)S(=O)(=O)c1cc(Br)ccc1F. The summed E-state index contributed by atoms with van der Waals surface area (Å²) in [6.45, 7) is 1.02. The van der Waals surface area contributed by atoms with Crippen LogP contribution in [0.2, 0.25) is 0 Å². The molecular weight excluding hydrogens is 363 g/mol. The number of carbonyl (C=O) groups excluding carboxylic acids is 1.